The van der Waals surface area contributed by atoms with Crippen LogP contribution in [0.15, 0.2) is 35.7 Å². The molecule has 0 aliphatic carbocycles. The highest BCUT2D eigenvalue weighted by molar-refractivity contribution is 7.10. The van der Waals surface area contributed by atoms with Crippen LogP contribution in [0.4, 0.5) is 0 Å². The summed E-state index contributed by atoms with van der Waals surface area (Å²) in [5.74, 6) is 0.925. The van der Waals surface area contributed by atoms with Gasteiger partial charge >= 0.3 is 0 Å². The molecule has 0 bridgehead atoms. The summed E-state index contributed by atoms with van der Waals surface area (Å²) in [5, 5.41) is 6.34. The van der Waals surface area contributed by atoms with Crippen LogP contribution in [0.2, 0.25) is 5.02 Å². The van der Waals surface area contributed by atoms with Gasteiger partial charge in [-0.1, -0.05) is 30.7 Å². The van der Waals surface area contributed by atoms with E-state index in [0.717, 1.165) is 23.7 Å². The Morgan fingerprint density at radius 2 is 2.21 bits per heavy atom. The van der Waals surface area contributed by atoms with Crippen molar-refractivity contribution in [3.05, 3.63) is 51.2 Å². The Balaban J connectivity index is 2.15. The molecule has 0 fully saturated rings. The van der Waals surface area contributed by atoms with Gasteiger partial charge < -0.3 is 10.1 Å². The minimum absolute atomic E-state index is 0.303. The largest absolute Gasteiger partial charge is 0.496 e. The minimum Gasteiger partial charge on any atom is -0.496 e. The van der Waals surface area contributed by atoms with Crippen molar-refractivity contribution in [2.24, 2.45) is 0 Å². The van der Waals surface area contributed by atoms with Crippen LogP contribution in [0.1, 0.15) is 23.4 Å². The van der Waals surface area contributed by atoms with Crippen molar-refractivity contribution in [1.29, 1.82) is 0 Å². The fourth-order valence-electron chi connectivity index (χ4n) is 2.04. The predicted octanol–water partition coefficient (Wildman–Crippen LogP) is 4.30. The van der Waals surface area contributed by atoms with E-state index >= 15 is 0 Å². The molecular formula is C15H18ClNOS. The first kappa shape index (κ1) is 14.4. The van der Waals surface area contributed by atoms with Gasteiger partial charge in [0.25, 0.3) is 0 Å². The summed E-state index contributed by atoms with van der Waals surface area (Å²) in [6.07, 6.45) is 0.929. The van der Waals surface area contributed by atoms with Gasteiger partial charge in [0.2, 0.25) is 0 Å². The summed E-state index contributed by atoms with van der Waals surface area (Å²) in [6, 6.07) is 10.4. The Bertz CT molecular complexity index is 526. The number of hydrogen-bond acceptors (Lipinski definition) is 3. The monoisotopic (exact) mass is 295 g/mol. The van der Waals surface area contributed by atoms with Gasteiger partial charge in [-0.3, -0.25) is 0 Å². The average molecular weight is 296 g/mol. The number of rotatable bonds is 6. The van der Waals surface area contributed by atoms with Gasteiger partial charge in [0.1, 0.15) is 5.75 Å². The molecule has 1 atom stereocenters. The Morgan fingerprint density at radius 3 is 2.84 bits per heavy atom. The topological polar surface area (TPSA) is 21.3 Å². The number of benzene rings is 1. The van der Waals surface area contributed by atoms with Gasteiger partial charge in [-0.05, 0) is 36.7 Å². The van der Waals surface area contributed by atoms with Crippen LogP contribution in [0, 0.1) is 0 Å². The molecule has 102 valence electrons. The zero-order valence-corrected chi connectivity index (χ0v) is 12.7. The molecule has 19 heavy (non-hydrogen) atoms. The average Bonchev–Trinajstić information content (AvgIpc) is 2.87. The van der Waals surface area contributed by atoms with Gasteiger partial charge in [0, 0.05) is 21.3 Å². The number of hydrogen-bond donors (Lipinski definition) is 1. The molecule has 0 aliphatic heterocycles. The molecule has 2 rings (SSSR count). The fraction of sp³-hybridized carbons (Fsp3) is 0.333. The van der Waals surface area contributed by atoms with Crippen molar-refractivity contribution in [2.45, 2.75) is 19.4 Å². The fourth-order valence-corrected chi connectivity index (χ4v) is 3.19. The molecule has 1 unspecified atom stereocenters. The van der Waals surface area contributed by atoms with E-state index in [4.69, 9.17) is 16.3 Å². The summed E-state index contributed by atoms with van der Waals surface area (Å²) in [5.41, 5.74) is 1.24. The second-order valence-electron chi connectivity index (χ2n) is 4.33. The van der Waals surface area contributed by atoms with Crippen LogP contribution in [0.5, 0.6) is 5.75 Å². The number of likely N-dealkylation sites (N-methyl/N-ethyl adjacent to an activating group) is 1. The van der Waals surface area contributed by atoms with Crippen molar-refractivity contribution < 1.29 is 4.74 Å². The third-order valence-corrected chi connectivity index (χ3v) is 4.21. The molecule has 0 saturated carbocycles. The van der Waals surface area contributed by atoms with Gasteiger partial charge in [-0.15, -0.1) is 11.3 Å². The van der Waals surface area contributed by atoms with E-state index in [1.54, 1.807) is 18.4 Å². The molecular weight excluding hydrogens is 278 g/mol. The SMILES string of the molecule is CCNC(Cc1cccc(Cl)c1)c1cc(OC)cs1. The van der Waals surface area contributed by atoms with Crippen LogP contribution >= 0.6 is 22.9 Å². The van der Waals surface area contributed by atoms with E-state index in [1.807, 2.05) is 23.6 Å². The van der Waals surface area contributed by atoms with Gasteiger partial charge in [-0.25, -0.2) is 0 Å². The number of nitrogens with one attached hydrogen (secondary N) is 1. The van der Waals surface area contributed by atoms with Gasteiger partial charge in [0.05, 0.1) is 7.11 Å². The molecule has 4 heteroatoms. The highest BCUT2D eigenvalue weighted by Crippen LogP contribution is 2.29. The number of halogens is 1. The molecule has 0 aliphatic rings. The third kappa shape index (κ3) is 3.96. The molecule has 1 aromatic carbocycles. The summed E-state index contributed by atoms with van der Waals surface area (Å²) in [7, 11) is 1.70. The van der Waals surface area contributed by atoms with Crippen molar-refractivity contribution in [3.63, 3.8) is 0 Å². The molecule has 0 amide bonds. The van der Waals surface area contributed by atoms with E-state index in [1.165, 1.54) is 10.4 Å². The number of ether oxygens (including phenoxy) is 1. The van der Waals surface area contributed by atoms with E-state index in [0.29, 0.717) is 6.04 Å². The lowest BCUT2D eigenvalue weighted by molar-refractivity contribution is 0.415. The number of thiophene rings is 1. The third-order valence-electron chi connectivity index (χ3n) is 2.95. The summed E-state index contributed by atoms with van der Waals surface area (Å²) in [4.78, 5) is 1.29. The van der Waals surface area contributed by atoms with Gasteiger partial charge in [0.15, 0.2) is 0 Å². The normalized spacial score (nSPS) is 12.4. The quantitative estimate of drug-likeness (QED) is 0.858. The van der Waals surface area contributed by atoms with E-state index in [9.17, 15) is 0 Å². The standard InChI is InChI=1S/C15H18ClNOS/c1-3-17-14(15-9-13(18-2)10-19-15)8-11-5-4-6-12(16)7-11/h4-7,9-10,14,17H,3,8H2,1-2H3. The van der Waals surface area contributed by atoms with Crippen LogP contribution in [0.25, 0.3) is 0 Å². The second kappa shape index (κ2) is 6.94. The first-order valence-electron chi connectivity index (χ1n) is 6.33. The van der Waals surface area contributed by atoms with Crippen LogP contribution in [-0.2, 0) is 6.42 Å². The Kier molecular flexibility index (Phi) is 5.25. The molecule has 1 aromatic heterocycles. The summed E-state index contributed by atoms with van der Waals surface area (Å²) >= 11 is 7.77. The molecule has 2 aromatic rings. The molecule has 2 nitrogen and oxygen atoms in total. The van der Waals surface area contributed by atoms with E-state index in [-0.39, 0.29) is 0 Å². The molecule has 1 heterocycles. The Labute approximate surface area is 123 Å². The second-order valence-corrected chi connectivity index (χ2v) is 5.71. The number of methoxy groups -OCH3 is 1. The zero-order chi connectivity index (χ0) is 13.7. The van der Waals surface area contributed by atoms with Crippen LogP contribution in [0.3, 0.4) is 0 Å². The smallest absolute Gasteiger partial charge is 0.129 e. The van der Waals surface area contributed by atoms with Crippen LogP contribution < -0.4 is 10.1 Å². The van der Waals surface area contributed by atoms with Crippen molar-refractivity contribution in [2.75, 3.05) is 13.7 Å². The van der Waals surface area contributed by atoms with E-state index in [2.05, 4.69) is 24.4 Å². The van der Waals surface area contributed by atoms with E-state index < -0.39 is 0 Å². The molecule has 0 saturated heterocycles. The maximum atomic E-state index is 6.04. The van der Waals surface area contributed by atoms with Gasteiger partial charge in [-0.2, -0.15) is 0 Å². The highest BCUT2D eigenvalue weighted by atomic mass is 35.5. The Hall–Kier alpha value is -1.03. The highest BCUT2D eigenvalue weighted by Gasteiger charge is 2.14. The van der Waals surface area contributed by atoms with Crippen molar-refractivity contribution in [3.8, 4) is 5.75 Å². The maximum absolute atomic E-state index is 6.04. The minimum atomic E-state index is 0.303. The predicted molar refractivity (Wildman–Crippen MR) is 82.4 cm³/mol. The summed E-state index contributed by atoms with van der Waals surface area (Å²) < 4.78 is 5.25. The summed E-state index contributed by atoms with van der Waals surface area (Å²) in [6.45, 7) is 3.06. The lowest BCUT2D eigenvalue weighted by Crippen LogP contribution is -2.22. The maximum Gasteiger partial charge on any atom is 0.129 e. The molecule has 0 radical (unpaired) electrons. The lowest BCUT2D eigenvalue weighted by atomic mass is 10.0. The first-order chi connectivity index (χ1) is 9.22. The Morgan fingerprint density at radius 1 is 1.37 bits per heavy atom. The van der Waals surface area contributed by atoms with Crippen molar-refractivity contribution in [1.82, 2.24) is 5.32 Å². The first-order valence-corrected chi connectivity index (χ1v) is 7.59. The molecule has 1 N–H and O–H groups in total. The molecule has 0 spiro atoms. The van der Waals surface area contributed by atoms with Crippen molar-refractivity contribution >= 4 is 22.9 Å². The van der Waals surface area contributed by atoms with Crippen LogP contribution in [-0.4, -0.2) is 13.7 Å². The zero-order valence-electron chi connectivity index (χ0n) is 11.2. The lowest BCUT2D eigenvalue weighted by Gasteiger charge is -2.16.